The minimum Gasteiger partial charge on any atom is -0.0847 e. The van der Waals surface area contributed by atoms with Crippen molar-refractivity contribution >= 4 is 0 Å². The van der Waals surface area contributed by atoms with Crippen molar-refractivity contribution < 1.29 is 0 Å². The van der Waals surface area contributed by atoms with Gasteiger partial charge in [-0.3, -0.25) is 0 Å². The van der Waals surface area contributed by atoms with Crippen LogP contribution in [0.15, 0.2) is 35.5 Å². The molecule has 0 spiro atoms. The molecule has 0 amide bonds. The summed E-state index contributed by atoms with van der Waals surface area (Å²) in [5.74, 6) is 0.741. The SMILES string of the molecule is CC1=CC=CCC1C1=CCCCC1. The average molecular weight is 174 g/mol. The summed E-state index contributed by atoms with van der Waals surface area (Å²) in [6, 6.07) is 0. The molecule has 0 aromatic carbocycles. The first-order valence-corrected chi connectivity index (χ1v) is 5.40. The lowest BCUT2D eigenvalue weighted by atomic mass is 9.81. The van der Waals surface area contributed by atoms with Crippen LogP contribution in [0.5, 0.6) is 0 Å². The molecule has 0 aromatic rings. The molecule has 0 fully saturated rings. The van der Waals surface area contributed by atoms with Gasteiger partial charge in [0, 0.05) is 5.92 Å². The van der Waals surface area contributed by atoms with E-state index >= 15 is 0 Å². The topological polar surface area (TPSA) is 0 Å². The van der Waals surface area contributed by atoms with Crippen molar-refractivity contribution in [1.82, 2.24) is 0 Å². The summed E-state index contributed by atoms with van der Waals surface area (Å²) in [4.78, 5) is 0. The van der Waals surface area contributed by atoms with Crippen LogP contribution in [0, 0.1) is 5.92 Å². The predicted octanol–water partition coefficient (Wildman–Crippen LogP) is 4.01. The molecule has 2 aliphatic carbocycles. The van der Waals surface area contributed by atoms with E-state index in [1.54, 1.807) is 11.1 Å². The quantitative estimate of drug-likeness (QED) is 0.527. The molecular formula is C13H18. The molecule has 1 atom stereocenters. The van der Waals surface area contributed by atoms with Crippen molar-refractivity contribution in [2.75, 3.05) is 0 Å². The van der Waals surface area contributed by atoms with Crippen molar-refractivity contribution in [3.8, 4) is 0 Å². The van der Waals surface area contributed by atoms with E-state index in [1.165, 1.54) is 32.1 Å². The van der Waals surface area contributed by atoms with Crippen molar-refractivity contribution in [3.05, 3.63) is 35.5 Å². The van der Waals surface area contributed by atoms with Crippen molar-refractivity contribution in [2.45, 2.75) is 39.0 Å². The lowest BCUT2D eigenvalue weighted by Crippen LogP contribution is -2.09. The minimum atomic E-state index is 0.741. The molecule has 2 aliphatic rings. The lowest BCUT2D eigenvalue weighted by Gasteiger charge is -2.24. The van der Waals surface area contributed by atoms with Crippen LogP contribution in [0.4, 0.5) is 0 Å². The van der Waals surface area contributed by atoms with Gasteiger partial charge in [-0.05, 0) is 39.0 Å². The smallest absolute Gasteiger partial charge is 0.00419 e. The fourth-order valence-electron chi connectivity index (χ4n) is 2.36. The van der Waals surface area contributed by atoms with Crippen molar-refractivity contribution in [3.63, 3.8) is 0 Å². The molecule has 0 nitrogen and oxygen atoms in total. The van der Waals surface area contributed by atoms with E-state index in [0.29, 0.717) is 0 Å². The third-order valence-corrected chi connectivity index (χ3v) is 3.19. The molecule has 0 aromatic heterocycles. The van der Waals surface area contributed by atoms with E-state index in [0.717, 1.165) is 5.92 Å². The zero-order valence-electron chi connectivity index (χ0n) is 8.42. The fraction of sp³-hybridized carbons (Fsp3) is 0.538. The van der Waals surface area contributed by atoms with Gasteiger partial charge in [0.1, 0.15) is 0 Å². The Hall–Kier alpha value is -0.780. The Bertz CT molecular complexity index is 266. The number of hydrogen-bond donors (Lipinski definition) is 0. The Labute approximate surface area is 81.0 Å². The molecular weight excluding hydrogens is 156 g/mol. The van der Waals surface area contributed by atoms with Crippen LogP contribution in [-0.4, -0.2) is 0 Å². The molecule has 0 heterocycles. The highest BCUT2D eigenvalue weighted by atomic mass is 14.2. The summed E-state index contributed by atoms with van der Waals surface area (Å²) in [6.45, 7) is 2.27. The normalized spacial score (nSPS) is 28.2. The second-order valence-electron chi connectivity index (χ2n) is 4.15. The maximum absolute atomic E-state index is 2.48. The highest BCUT2D eigenvalue weighted by molar-refractivity contribution is 5.28. The molecule has 0 saturated heterocycles. The van der Waals surface area contributed by atoms with Crippen LogP contribution in [0.3, 0.4) is 0 Å². The summed E-state index contributed by atoms with van der Waals surface area (Å²) in [5.41, 5.74) is 3.25. The highest BCUT2D eigenvalue weighted by Gasteiger charge is 2.17. The zero-order valence-corrected chi connectivity index (χ0v) is 8.42. The third kappa shape index (κ3) is 1.93. The van der Waals surface area contributed by atoms with Gasteiger partial charge >= 0.3 is 0 Å². The van der Waals surface area contributed by atoms with Crippen LogP contribution in [-0.2, 0) is 0 Å². The van der Waals surface area contributed by atoms with E-state index in [1.807, 2.05) is 0 Å². The largest absolute Gasteiger partial charge is 0.0847 e. The lowest BCUT2D eigenvalue weighted by molar-refractivity contribution is 0.605. The van der Waals surface area contributed by atoms with E-state index in [9.17, 15) is 0 Å². The van der Waals surface area contributed by atoms with Gasteiger partial charge in [-0.15, -0.1) is 0 Å². The van der Waals surface area contributed by atoms with Gasteiger partial charge in [-0.2, -0.15) is 0 Å². The first-order valence-electron chi connectivity index (χ1n) is 5.40. The molecule has 13 heavy (non-hydrogen) atoms. The Balaban J connectivity index is 2.12. The molecule has 0 N–H and O–H groups in total. The van der Waals surface area contributed by atoms with Gasteiger partial charge < -0.3 is 0 Å². The summed E-state index contributed by atoms with van der Waals surface area (Å²) in [6.07, 6.45) is 15.9. The maximum atomic E-state index is 2.48. The third-order valence-electron chi connectivity index (χ3n) is 3.19. The Morgan fingerprint density at radius 3 is 2.92 bits per heavy atom. The van der Waals surface area contributed by atoms with Gasteiger partial charge in [-0.25, -0.2) is 0 Å². The molecule has 0 saturated carbocycles. The first-order chi connectivity index (χ1) is 6.38. The number of rotatable bonds is 1. The Morgan fingerprint density at radius 2 is 2.23 bits per heavy atom. The van der Waals surface area contributed by atoms with Gasteiger partial charge in [0.25, 0.3) is 0 Å². The standard InChI is InChI=1S/C13H18/c1-11-7-5-6-10-13(11)12-8-3-2-4-9-12/h5-8,13H,2-4,9-10H2,1H3. The molecule has 0 aliphatic heterocycles. The first kappa shape index (κ1) is 8.80. The predicted molar refractivity (Wildman–Crippen MR) is 57.6 cm³/mol. The number of hydrogen-bond acceptors (Lipinski definition) is 0. The second-order valence-corrected chi connectivity index (χ2v) is 4.15. The Kier molecular flexibility index (Phi) is 2.68. The van der Waals surface area contributed by atoms with Gasteiger partial charge in [0.2, 0.25) is 0 Å². The highest BCUT2D eigenvalue weighted by Crippen LogP contribution is 2.33. The van der Waals surface area contributed by atoms with E-state index in [2.05, 4.69) is 31.2 Å². The average Bonchev–Trinajstić information content (AvgIpc) is 2.20. The van der Waals surface area contributed by atoms with E-state index in [4.69, 9.17) is 0 Å². The van der Waals surface area contributed by atoms with Crippen LogP contribution in [0.1, 0.15) is 39.0 Å². The van der Waals surface area contributed by atoms with Crippen LogP contribution in [0.25, 0.3) is 0 Å². The molecule has 0 bridgehead atoms. The van der Waals surface area contributed by atoms with Crippen molar-refractivity contribution in [1.29, 1.82) is 0 Å². The van der Waals surface area contributed by atoms with Gasteiger partial charge in [0.15, 0.2) is 0 Å². The molecule has 70 valence electrons. The summed E-state index contributed by atoms with van der Waals surface area (Å²) in [5, 5.41) is 0. The van der Waals surface area contributed by atoms with Crippen LogP contribution >= 0.6 is 0 Å². The van der Waals surface area contributed by atoms with Crippen molar-refractivity contribution in [2.24, 2.45) is 5.92 Å². The fourth-order valence-corrected chi connectivity index (χ4v) is 2.36. The summed E-state index contributed by atoms with van der Waals surface area (Å²) in [7, 11) is 0. The monoisotopic (exact) mass is 174 g/mol. The number of allylic oxidation sites excluding steroid dienone is 6. The second kappa shape index (κ2) is 3.95. The molecule has 0 heteroatoms. The van der Waals surface area contributed by atoms with Crippen LogP contribution in [0.2, 0.25) is 0 Å². The molecule has 1 unspecified atom stereocenters. The maximum Gasteiger partial charge on any atom is 0.00419 e. The molecule has 0 radical (unpaired) electrons. The van der Waals surface area contributed by atoms with E-state index in [-0.39, 0.29) is 0 Å². The van der Waals surface area contributed by atoms with E-state index < -0.39 is 0 Å². The van der Waals surface area contributed by atoms with Crippen LogP contribution < -0.4 is 0 Å². The minimum absolute atomic E-state index is 0.741. The molecule has 2 rings (SSSR count). The Morgan fingerprint density at radius 1 is 1.31 bits per heavy atom. The van der Waals surface area contributed by atoms with Gasteiger partial charge in [0.05, 0.1) is 0 Å². The van der Waals surface area contributed by atoms with Gasteiger partial charge in [-0.1, -0.05) is 35.5 Å². The summed E-state index contributed by atoms with van der Waals surface area (Å²) >= 11 is 0. The summed E-state index contributed by atoms with van der Waals surface area (Å²) < 4.78 is 0. The zero-order chi connectivity index (χ0) is 9.10.